The molecule has 100 valence electrons. The first-order valence-electron chi connectivity index (χ1n) is 5.72. The number of carbonyl (C=O) groups excluding carboxylic acids is 1. The normalized spacial score (nSPS) is 11.9. The van der Waals surface area contributed by atoms with E-state index in [1.165, 1.54) is 0 Å². The summed E-state index contributed by atoms with van der Waals surface area (Å²) in [5, 5.41) is 18.0. The maximum atomic E-state index is 11.4. The summed E-state index contributed by atoms with van der Waals surface area (Å²) >= 11 is 0. The molecule has 1 aromatic heterocycles. The third-order valence-electron chi connectivity index (χ3n) is 2.48. The quantitative estimate of drug-likeness (QED) is 0.681. The van der Waals surface area contributed by atoms with Crippen LogP contribution in [0.1, 0.15) is 19.0 Å². The largest absolute Gasteiger partial charge is 0.481 e. The van der Waals surface area contributed by atoms with Gasteiger partial charge >= 0.3 is 12.0 Å². The van der Waals surface area contributed by atoms with Crippen LogP contribution in [0.3, 0.4) is 0 Å². The molecule has 1 heterocycles. The lowest BCUT2D eigenvalue weighted by Gasteiger charge is -2.08. The summed E-state index contributed by atoms with van der Waals surface area (Å²) in [6.07, 6.45) is 2.20. The molecule has 0 saturated heterocycles. The van der Waals surface area contributed by atoms with Crippen LogP contribution in [0.4, 0.5) is 4.79 Å². The topological polar surface area (TPSA) is 96.3 Å². The average molecular weight is 254 g/mol. The molecule has 1 unspecified atom stereocenters. The van der Waals surface area contributed by atoms with Gasteiger partial charge in [-0.25, -0.2) is 4.79 Å². The Bertz CT molecular complexity index is 416. The monoisotopic (exact) mass is 254 g/mol. The second kappa shape index (κ2) is 6.63. The standard InChI is InChI=1S/C11H18N4O3/c1-8(10(16)17)3-5-12-11(18)13-7-9-4-6-15(2)14-9/h4,6,8H,3,5,7H2,1-2H3,(H,16,17)(H2,12,13,18). The number of carboxylic acids is 1. The summed E-state index contributed by atoms with van der Waals surface area (Å²) in [4.78, 5) is 21.9. The molecule has 0 spiro atoms. The fraction of sp³-hybridized carbons (Fsp3) is 0.545. The van der Waals surface area contributed by atoms with Gasteiger partial charge in [-0.1, -0.05) is 6.92 Å². The summed E-state index contributed by atoms with van der Waals surface area (Å²) in [5.41, 5.74) is 0.770. The van der Waals surface area contributed by atoms with Gasteiger partial charge in [0.15, 0.2) is 0 Å². The minimum Gasteiger partial charge on any atom is -0.481 e. The summed E-state index contributed by atoms with van der Waals surface area (Å²) in [6, 6.07) is 1.49. The van der Waals surface area contributed by atoms with Crippen LogP contribution < -0.4 is 10.6 Å². The molecule has 0 aliphatic rings. The first-order valence-corrected chi connectivity index (χ1v) is 5.72. The van der Waals surface area contributed by atoms with Crippen molar-refractivity contribution in [2.45, 2.75) is 19.9 Å². The zero-order valence-electron chi connectivity index (χ0n) is 10.5. The zero-order valence-corrected chi connectivity index (χ0v) is 10.5. The lowest BCUT2D eigenvalue weighted by Crippen LogP contribution is -2.36. The average Bonchev–Trinajstić information content (AvgIpc) is 2.72. The summed E-state index contributed by atoms with van der Waals surface area (Å²) in [7, 11) is 1.80. The van der Waals surface area contributed by atoms with E-state index in [0.717, 1.165) is 5.69 Å². The highest BCUT2D eigenvalue weighted by Crippen LogP contribution is 1.99. The highest BCUT2D eigenvalue weighted by molar-refractivity contribution is 5.74. The second-order valence-corrected chi connectivity index (χ2v) is 4.12. The molecule has 0 aromatic carbocycles. The lowest BCUT2D eigenvalue weighted by atomic mass is 10.1. The molecular weight excluding hydrogens is 236 g/mol. The van der Waals surface area contributed by atoms with Crippen molar-refractivity contribution in [2.24, 2.45) is 13.0 Å². The molecule has 18 heavy (non-hydrogen) atoms. The first kappa shape index (κ1) is 14.0. The number of hydrogen-bond acceptors (Lipinski definition) is 3. The van der Waals surface area contributed by atoms with E-state index in [9.17, 15) is 9.59 Å². The van der Waals surface area contributed by atoms with E-state index in [1.54, 1.807) is 24.9 Å². The van der Waals surface area contributed by atoms with Crippen LogP contribution in [0.25, 0.3) is 0 Å². The minimum atomic E-state index is -0.856. The van der Waals surface area contributed by atoms with Crippen molar-refractivity contribution in [2.75, 3.05) is 6.54 Å². The molecule has 0 aliphatic carbocycles. The van der Waals surface area contributed by atoms with Gasteiger partial charge in [0.1, 0.15) is 0 Å². The van der Waals surface area contributed by atoms with Crippen molar-refractivity contribution in [3.63, 3.8) is 0 Å². The van der Waals surface area contributed by atoms with Crippen molar-refractivity contribution < 1.29 is 14.7 Å². The molecular formula is C11H18N4O3. The second-order valence-electron chi connectivity index (χ2n) is 4.12. The van der Waals surface area contributed by atoms with E-state index in [2.05, 4.69) is 15.7 Å². The molecule has 0 fully saturated rings. The third-order valence-corrected chi connectivity index (χ3v) is 2.48. The van der Waals surface area contributed by atoms with Crippen molar-refractivity contribution in [3.8, 4) is 0 Å². The van der Waals surface area contributed by atoms with Gasteiger partial charge in [0.05, 0.1) is 18.2 Å². The van der Waals surface area contributed by atoms with Crippen LogP contribution in [0, 0.1) is 5.92 Å². The van der Waals surface area contributed by atoms with Crippen LogP contribution in [-0.4, -0.2) is 33.4 Å². The number of amides is 2. The Morgan fingerprint density at radius 1 is 1.50 bits per heavy atom. The van der Waals surface area contributed by atoms with Gasteiger partial charge in [-0.3, -0.25) is 9.48 Å². The van der Waals surface area contributed by atoms with Gasteiger partial charge in [0.25, 0.3) is 0 Å². The van der Waals surface area contributed by atoms with Crippen molar-refractivity contribution in [1.82, 2.24) is 20.4 Å². The van der Waals surface area contributed by atoms with E-state index in [1.807, 2.05) is 6.07 Å². The van der Waals surface area contributed by atoms with Gasteiger partial charge in [0, 0.05) is 19.8 Å². The smallest absolute Gasteiger partial charge is 0.315 e. The lowest BCUT2D eigenvalue weighted by molar-refractivity contribution is -0.141. The number of nitrogens with zero attached hydrogens (tertiary/aromatic N) is 2. The fourth-order valence-electron chi connectivity index (χ4n) is 1.32. The number of aliphatic carboxylic acids is 1. The molecule has 3 N–H and O–H groups in total. The van der Waals surface area contributed by atoms with Crippen LogP contribution in [0.5, 0.6) is 0 Å². The predicted octanol–water partition coefficient (Wildman–Crippen LogP) is 0.330. The van der Waals surface area contributed by atoms with E-state index in [-0.39, 0.29) is 6.03 Å². The Morgan fingerprint density at radius 2 is 2.22 bits per heavy atom. The molecule has 1 atom stereocenters. The van der Waals surface area contributed by atoms with E-state index in [0.29, 0.717) is 19.5 Å². The van der Waals surface area contributed by atoms with E-state index < -0.39 is 11.9 Å². The highest BCUT2D eigenvalue weighted by atomic mass is 16.4. The Labute approximate surface area is 105 Å². The molecule has 0 aliphatic heterocycles. The van der Waals surface area contributed by atoms with Gasteiger partial charge in [-0.15, -0.1) is 0 Å². The Hall–Kier alpha value is -2.05. The molecule has 7 heteroatoms. The number of aryl methyl sites for hydroxylation is 1. The third kappa shape index (κ3) is 4.86. The van der Waals surface area contributed by atoms with E-state index >= 15 is 0 Å². The molecule has 0 bridgehead atoms. The van der Waals surface area contributed by atoms with Crippen LogP contribution in [0.15, 0.2) is 12.3 Å². The molecule has 0 radical (unpaired) electrons. The number of nitrogens with one attached hydrogen (secondary N) is 2. The molecule has 7 nitrogen and oxygen atoms in total. The number of urea groups is 1. The Balaban J connectivity index is 2.16. The van der Waals surface area contributed by atoms with Crippen molar-refractivity contribution in [1.29, 1.82) is 0 Å². The van der Waals surface area contributed by atoms with E-state index in [4.69, 9.17) is 5.11 Å². The van der Waals surface area contributed by atoms with Crippen molar-refractivity contribution in [3.05, 3.63) is 18.0 Å². The highest BCUT2D eigenvalue weighted by Gasteiger charge is 2.10. The maximum Gasteiger partial charge on any atom is 0.315 e. The Kier molecular flexibility index (Phi) is 5.16. The Morgan fingerprint density at radius 3 is 2.78 bits per heavy atom. The van der Waals surface area contributed by atoms with Crippen LogP contribution in [-0.2, 0) is 18.4 Å². The molecule has 2 amide bonds. The summed E-state index contributed by atoms with van der Waals surface area (Å²) < 4.78 is 1.66. The van der Waals surface area contributed by atoms with Gasteiger partial charge < -0.3 is 15.7 Å². The zero-order chi connectivity index (χ0) is 13.5. The molecule has 0 saturated carbocycles. The van der Waals surface area contributed by atoms with Crippen LogP contribution in [0.2, 0.25) is 0 Å². The summed E-state index contributed by atoms with van der Waals surface area (Å²) in [5.74, 6) is -1.31. The number of hydrogen-bond donors (Lipinski definition) is 3. The number of rotatable bonds is 6. The number of aromatic nitrogens is 2. The minimum absolute atomic E-state index is 0.321. The SMILES string of the molecule is CC(CCNC(=O)NCc1ccn(C)n1)C(=O)O. The summed E-state index contributed by atoms with van der Waals surface area (Å²) in [6.45, 7) is 2.29. The first-order chi connectivity index (χ1) is 8.49. The molecule has 1 aromatic rings. The predicted molar refractivity (Wildman–Crippen MR) is 64.9 cm³/mol. The van der Waals surface area contributed by atoms with Crippen molar-refractivity contribution >= 4 is 12.0 Å². The van der Waals surface area contributed by atoms with Gasteiger partial charge in [-0.05, 0) is 12.5 Å². The van der Waals surface area contributed by atoms with Gasteiger partial charge in [0.2, 0.25) is 0 Å². The maximum absolute atomic E-state index is 11.4. The number of carboxylic acid groups (broad SMARTS) is 1. The number of carbonyl (C=O) groups is 2. The van der Waals surface area contributed by atoms with Crippen LogP contribution >= 0.6 is 0 Å². The fourth-order valence-corrected chi connectivity index (χ4v) is 1.32. The van der Waals surface area contributed by atoms with Gasteiger partial charge in [-0.2, -0.15) is 5.10 Å². The molecule has 1 rings (SSSR count).